The SMILES string of the molecule is C=C1CC2CCC34CC5OC6C(OC7CCC(CC(=O)CC8C(CC9OC(CCC1O2)CC(C)C9=C)OC(CC(O)CS(C)(=O)=O)C8OC)OC7C6O3)C5O4. The molecular weight excluding hydrogens is 733 g/mol. The molecule has 0 aromatic carbocycles. The zero-order valence-electron chi connectivity index (χ0n) is 32.5. The third kappa shape index (κ3) is 7.69. The van der Waals surface area contributed by atoms with Crippen molar-refractivity contribution in [3.05, 3.63) is 24.3 Å². The lowest BCUT2D eigenvalue weighted by Gasteiger charge is -2.47. The fraction of sp³-hybridized carbons (Fsp3) is 0.878. The first-order valence-corrected chi connectivity index (χ1v) is 22.9. The van der Waals surface area contributed by atoms with Crippen LogP contribution in [0.1, 0.15) is 90.4 Å². The molecule has 308 valence electrons. The molecule has 10 aliphatic rings. The number of ether oxygens (including phenoxy) is 9. The Bertz CT molecular complexity index is 1600. The van der Waals surface area contributed by atoms with Gasteiger partial charge in [0.25, 0.3) is 0 Å². The fourth-order valence-electron chi connectivity index (χ4n) is 11.6. The van der Waals surface area contributed by atoms with Crippen molar-refractivity contribution in [1.82, 2.24) is 0 Å². The first-order chi connectivity index (χ1) is 26.2. The van der Waals surface area contributed by atoms with Gasteiger partial charge in [-0.15, -0.1) is 0 Å². The average Bonchev–Trinajstić information content (AvgIpc) is 3.79. The van der Waals surface area contributed by atoms with Gasteiger partial charge < -0.3 is 47.7 Å². The first-order valence-electron chi connectivity index (χ1n) is 20.8. The van der Waals surface area contributed by atoms with Crippen LogP contribution in [-0.4, -0.2) is 142 Å². The Balaban J connectivity index is 0.989. The molecule has 10 saturated heterocycles. The zero-order chi connectivity index (χ0) is 38.4. The molecule has 0 radical (unpaired) electrons. The molecule has 55 heavy (non-hydrogen) atoms. The summed E-state index contributed by atoms with van der Waals surface area (Å²) in [6, 6.07) is 0. The number of ketones is 1. The number of hydrogen-bond donors (Lipinski definition) is 1. The van der Waals surface area contributed by atoms with Crippen LogP contribution in [0.2, 0.25) is 0 Å². The molecule has 10 fully saturated rings. The summed E-state index contributed by atoms with van der Waals surface area (Å²) in [6.45, 7) is 11.1. The van der Waals surface area contributed by atoms with Crippen LogP contribution in [0.25, 0.3) is 0 Å². The molecule has 1 N–H and O–H groups in total. The van der Waals surface area contributed by atoms with Gasteiger partial charge in [0, 0.05) is 57.8 Å². The Morgan fingerprint density at radius 1 is 0.800 bits per heavy atom. The van der Waals surface area contributed by atoms with Gasteiger partial charge >= 0.3 is 0 Å². The Morgan fingerprint density at radius 3 is 2.33 bits per heavy atom. The minimum atomic E-state index is -3.42. The summed E-state index contributed by atoms with van der Waals surface area (Å²) in [6.07, 6.45) is 3.72. The van der Waals surface area contributed by atoms with E-state index in [4.69, 9.17) is 42.6 Å². The summed E-state index contributed by atoms with van der Waals surface area (Å²) >= 11 is 0. The van der Waals surface area contributed by atoms with Crippen molar-refractivity contribution in [2.24, 2.45) is 11.8 Å². The number of Topliss-reactive ketones (excluding diaryl/α,β-unsaturated/α-hetero) is 1. The number of carbonyl (C=O) groups is 1. The van der Waals surface area contributed by atoms with Crippen LogP contribution in [-0.2, 0) is 57.3 Å². The Labute approximate surface area is 325 Å². The van der Waals surface area contributed by atoms with E-state index in [1.165, 1.54) is 0 Å². The van der Waals surface area contributed by atoms with Gasteiger partial charge in [0.15, 0.2) is 5.79 Å². The van der Waals surface area contributed by atoms with E-state index in [-0.39, 0.29) is 110 Å². The second kappa shape index (κ2) is 15.1. The fourth-order valence-corrected chi connectivity index (χ4v) is 12.4. The van der Waals surface area contributed by atoms with Gasteiger partial charge in [-0.2, -0.15) is 0 Å². The molecule has 0 aromatic rings. The number of aliphatic hydroxyl groups is 1. The third-order valence-corrected chi connectivity index (χ3v) is 15.2. The maximum absolute atomic E-state index is 14.1. The maximum Gasteiger partial charge on any atom is 0.172 e. The summed E-state index contributed by atoms with van der Waals surface area (Å²) in [5, 5.41) is 10.8. The van der Waals surface area contributed by atoms with Crippen molar-refractivity contribution < 1.29 is 61.0 Å². The van der Waals surface area contributed by atoms with E-state index in [2.05, 4.69) is 20.1 Å². The molecule has 0 amide bonds. The van der Waals surface area contributed by atoms with E-state index < -0.39 is 46.1 Å². The normalized spacial score (nSPS) is 50.5. The highest BCUT2D eigenvalue weighted by atomic mass is 32.2. The van der Waals surface area contributed by atoms with Gasteiger partial charge in [-0.25, -0.2) is 8.42 Å². The Kier molecular flexibility index (Phi) is 10.7. The number of hydrogen-bond acceptors (Lipinski definition) is 13. The standard InChI is InChI=1S/C41H60O13S/c1-20-12-25-6-8-29-21(2)13-27(47-29)10-11-41-18-34-37(53-41)38-39(52-34)40(54-41)36-30(51-38)9-7-26(49-36)14-23(42)15-28-32(17-31(48-25)22(20)3)50-33(35(28)46-4)16-24(43)19-55(5,44)45/h20,24-40,43H,2-3,6-19H2,1,4-5H3. The van der Waals surface area contributed by atoms with Crippen LogP contribution in [0.3, 0.4) is 0 Å². The quantitative estimate of drug-likeness (QED) is 0.405. The predicted octanol–water partition coefficient (Wildman–Crippen LogP) is 3.52. The molecule has 19 unspecified atom stereocenters. The molecular formula is C41H60O13S. The number of fused-ring (bicyclic) bond motifs is 6. The van der Waals surface area contributed by atoms with Crippen molar-refractivity contribution >= 4 is 15.6 Å². The predicted molar refractivity (Wildman–Crippen MR) is 197 cm³/mol. The van der Waals surface area contributed by atoms with Crippen LogP contribution in [0.4, 0.5) is 0 Å². The summed E-state index contributed by atoms with van der Waals surface area (Å²) in [7, 11) is -1.84. The van der Waals surface area contributed by atoms with Crippen molar-refractivity contribution in [1.29, 1.82) is 0 Å². The van der Waals surface area contributed by atoms with Crippen LogP contribution < -0.4 is 0 Å². The molecule has 0 aliphatic carbocycles. The number of methoxy groups -OCH3 is 1. The molecule has 0 saturated carbocycles. The van der Waals surface area contributed by atoms with Crippen molar-refractivity contribution in [3.63, 3.8) is 0 Å². The van der Waals surface area contributed by atoms with Gasteiger partial charge in [-0.3, -0.25) is 4.79 Å². The second-order valence-corrected chi connectivity index (χ2v) is 20.5. The molecule has 10 aliphatic heterocycles. The van der Waals surface area contributed by atoms with Crippen molar-refractivity contribution in [2.45, 2.75) is 194 Å². The molecule has 1 spiro atoms. The van der Waals surface area contributed by atoms with Gasteiger partial charge in [0.1, 0.15) is 46.1 Å². The maximum atomic E-state index is 14.1. The topological polar surface area (TPSA) is 155 Å². The highest BCUT2D eigenvalue weighted by Gasteiger charge is 2.68. The largest absolute Gasteiger partial charge is 0.392 e. The van der Waals surface area contributed by atoms with E-state index in [9.17, 15) is 18.3 Å². The van der Waals surface area contributed by atoms with Gasteiger partial charge in [0.2, 0.25) is 0 Å². The number of carbonyl (C=O) groups excluding carboxylic acids is 1. The van der Waals surface area contributed by atoms with E-state index >= 15 is 0 Å². The van der Waals surface area contributed by atoms with Crippen molar-refractivity contribution in [2.75, 3.05) is 19.1 Å². The highest BCUT2D eigenvalue weighted by Crippen LogP contribution is 2.54. The van der Waals surface area contributed by atoms with Crippen LogP contribution in [0.15, 0.2) is 24.3 Å². The van der Waals surface area contributed by atoms with Crippen molar-refractivity contribution in [3.8, 4) is 0 Å². The van der Waals surface area contributed by atoms with E-state index in [1.807, 2.05) is 0 Å². The first kappa shape index (κ1) is 39.2. The van der Waals surface area contributed by atoms with Crippen LogP contribution in [0, 0.1) is 11.8 Å². The van der Waals surface area contributed by atoms with Gasteiger partial charge in [-0.1, -0.05) is 20.1 Å². The second-order valence-electron chi connectivity index (χ2n) is 18.3. The average molecular weight is 793 g/mol. The molecule has 13 nitrogen and oxygen atoms in total. The molecule has 10 rings (SSSR count). The monoisotopic (exact) mass is 792 g/mol. The smallest absolute Gasteiger partial charge is 0.172 e. The van der Waals surface area contributed by atoms with Gasteiger partial charge in [-0.05, 0) is 62.0 Å². The Morgan fingerprint density at radius 2 is 1.53 bits per heavy atom. The number of aliphatic hydroxyl groups excluding tert-OH is 1. The summed E-state index contributed by atoms with van der Waals surface area (Å²) in [4.78, 5) is 14.1. The lowest BCUT2D eigenvalue weighted by Crippen LogP contribution is -2.61. The molecule has 19 atom stereocenters. The number of sulfone groups is 1. The summed E-state index contributed by atoms with van der Waals surface area (Å²) < 4.78 is 84.0. The molecule has 0 aromatic heterocycles. The van der Waals surface area contributed by atoms with Crippen LogP contribution in [0.5, 0.6) is 0 Å². The van der Waals surface area contributed by atoms with E-state index in [0.29, 0.717) is 25.7 Å². The van der Waals surface area contributed by atoms with E-state index in [0.717, 1.165) is 55.9 Å². The lowest BCUT2D eigenvalue weighted by molar-refractivity contribution is -0.292. The summed E-state index contributed by atoms with van der Waals surface area (Å²) in [5.41, 5.74) is 2.11. The molecule has 12 bridgehead atoms. The summed E-state index contributed by atoms with van der Waals surface area (Å²) in [5.74, 6) is -1.29. The Hall–Kier alpha value is -1.30. The lowest BCUT2D eigenvalue weighted by atomic mass is 9.81. The third-order valence-electron chi connectivity index (χ3n) is 14.2. The minimum absolute atomic E-state index is 0.0127. The molecule has 14 heteroatoms. The zero-order valence-corrected chi connectivity index (χ0v) is 33.3. The minimum Gasteiger partial charge on any atom is -0.392 e. The van der Waals surface area contributed by atoms with Crippen LogP contribution >= 0.6 is 0 Å². The van der Waals surface area contributed by atoms with E-state index in [1.54, 1.807) is 7.11 Å². The number of rotatable bonds is 5. The molecule has 10 heterocycles. The van der Waals surface area contributed by atoms with Gasteiger partial charge in [0.05, 0.1) is 72.9 Å². The highest BCUT2D eigenvalue weighted by molar-refractivity contribution is 7.90.